The van der Waals surface area contributed by atoms with Gasteiger partial charge in [-0.1, -0.05) is 6.92 Å². The lowest BCUT2D eigenvalue weighted by Gasteiger charge is -2.14. The summed E-state index contributed by atoms with van der Waals surface area (Å²) >= 11 is 0. The Morgan fingerprint density at radius 2 is 2.42 bits per heavy atom. The molecule has 5 heteroatoms. The molecule has 0 radical (unpaired) electrons. The lowest BCUT2D eigenvalue weighted by molar-refractivity contribution is -0.122. The summed E-state index contributed by atoms with van der Waals surface area (Å²) in [5.41, 5.74) is 0. The second-order valence-electron chi connectivity index (χ2n) is 2.75. The molecule has 1 aromatic heterocycles. The number of hydrogen-bond donors (Lipinski definition) is 1. The summed E-state index contributed by atoms with van der Waals surface area (Å²) in [6.07, 6.45) is 0.820. The van der Waals surface area contributed by atoms with Crippen LogP contribution in [-0.2, 0) is 24.3 Å². The molecule has 0 unspecified atom stereocenters. The molecule has 0 bridgehead atoms. The maximum absolute atomic E-state index is 11.0. The predicted molar refractivity (Wildman–Crippen MR) is 41.2 cm³/mol. The van der Waals surface area contributed by atoms with E-state index in [4.69, 9.17) is 0 Å². The maximum atomic E-state index is 11.0. The first kappa shape index (κ1) is 7.27. The molecule has 0 aromatic carbocycles. The zero-order valence-electron chi connectivity index (χ0n) is 6.87. The summed E-state index contributed by atoms with van der Waals surface area (Å²) in [5.74, 6) is 1.78. The minimum atomic E-state index is 0.0389. The first-order valence-electron chi connectivity index (χ1n) is 3.99. The van der Waals surface area contributed by atoms with E-state index >= 15 is 0 Å². The number of nitrogens with zero attached hydrogens (tertiary/aromatic N) is 3. The maximum Gasteiger partial charge on any atom is 0.240 e. The van der Waals surface area contributed by atoms with Crippen molar-refractivity contribution < 1.29 is 4.79 Å². The lowest BCUT2D eigenvalue weighted by atomic mass is 10.3. The summed E-state index contributed by atoms with van der Waals surface area (Å²) < 4.78 is 1.87. The highest BCUT2D eigenvalue weighted by molar-refractivity contribution is 5.76. The fraction of sp³-hybridized carbons (Fsp3) is 0.571. The summed E-state index contributed by atoms with van der Waals surface area (Å²) in [5, 5.41) is 10.6. The molecular weight excluding hydrogens is 156 g/mol. The van der Waals surface area contributed by atoms with Crippen LogP contribution in [0.4, 0.5) is 0 Å². The molecule has 2 heterocycles. The Morgan fingerprint density at radius 3 is 3.17 bits per heavy atom. The number of aromatic nitrogens is 3. The van der Waals surface area contributed by atoms with Crippen molar-refractivity contribution in [1.82, 2.24) is 20.1 Å². The van der Waals surface area contributed by atoms with Gasteiger partial charge in [0.05, 0.1) is 6.54 Å². The molecule has 1 amide bonds. The Morgan fingerprint density at radius 1 is 1.58 bits per heavy atom. The average molecular weight is 166 g/mol. The van der Waals surface area contributed by atoms with Crippen LogP contribution in [0.5, 0.6) is 0 Å². The van der Waals surface area contributed by atoms with Gasteiger partial charge in [0, 0.05) is 6.42 Å². The Hall–Kier alpha value is -1.39. The number of aryl methyl sites for hydroxylation is 1. The van der Waals surface area contributed by atoms with Crippen LogP contribution >= 0.6 is 0 Å². The molecule has 0 atom stereocenters. The van der Waals surface area contributed by atoms with E-state index in [2.05, 4.69) is 15.5 Å². The Balaban J connectivity index is 2.40. The first-order valence-corrected chi connectivity index (χ1v) is 3.99. The largest absolute Gasteiger partial charge is 0.347 e. The van der Waals surface area contributed by atoms with E-state index in [1.54, 1.807) is 0 Å². The van der Waals surface area contributed by atoms with Gasteiger partial charge in [-0.2, -0.15) is 0 Å². The van der Waals surface area contributed by atoms with Gasteiger partial charge >= 0.3 is 0 Å². The molecular formula is C7H10N4O. The molecule has 1 N–H and O–H groups in total. The van der Waals surface area contributed by atoms with Crippen molar-refractivity contribution in [2.75, 3.05) is 0 Å². The quantitative estimate of drug-likeness (QED) is 0.610. The lowest BCUT2D eigenvalue weighted by Crippen LogP contribution is -2.34. The van der Waals surface area contributed by atoms with E-state index in [0.29, 0.717) is 13.1 Å². The van der Waals surface area contributed by atoms with Crippen LogP contribution in [-0.4, -0.2) is 20.7 Å². The van der Waals surface area contributed by atoms with Gasteiger partial charge in [-0.3, -0.25) is 4.79 Å². The fourth-order valence-corrected chi connectivity index (χ4v) is 1.32. The average Bonchev–Trinajstić information content (AvgIpc) is 2.46. The van der Waals surface area contributed by atoms with Gasteiger partial charge in [-0.25, -0.2) is 0 Å². The topological polar surface area (TPSA) is 59.8 Å². The summed E-state index contributed by atoms with van der Waals surface area (Å²) in [6.45, 7) is 2.88. The van der Waals surface area contributed by atoms with Crippen molar-refractivity contribution in [2.24, 2.45) is 0 Å². The van der Waals surface area contributed by atoms with Crippen LogP contribution in [0.15, 0.2) is 0 Å². The molecule has 5 nitrogen and oxygen atoms in total. The molecule has 0 fully saturated rings. The normalized spacial score (nSPS) is 15.6. The van der Waals surface area contributed by atoms with E-state index in [9.17, 15) is 4.79 Å². The van der Waals surface area contributed by atoms with E-state index < -0.39 is 0 Å². The highest BCUT2D eigenvalue weighted by Crippen LogP contribution is 2.06. The molecule has 0 aliphatic carbocycles. The predicted octanol–water partition coefficient (Wildman–Crippen LogP) is -0.530. The molecule has 2 rings (SSSR count). The number of carbonyl (C=O) groups excluding carboxylic acids is 1. The third kappa shape index (κ3) is 0.975. The number of nitrogens with one attached hydrogen (secondary N) is 1. The van der Waals surface area contributed by atoms with Crippen molar-refractivity contribution >= 4 is 5.91 Å². The third-order valence-electron chi connectivity index (χ3n) is 1.97. The van der Waals surface area contributed by atoms with Crippen LogP contribution in [0.2, 0.25) is 0 Å². The summed E-state index contributed by atoms with van der Waals surface area (Å²) in [6, 6.07) is 0. The highest BCUT2D eigenvalue weighted by Gasteiger charge is 2.18. The number of fused-ring (bicyclic) bond motifs is 1. The molecule has 1 aromatic rings. The molecule has 1 aliphatic heterocycles. The smallest absolute Gasteiger partial charge is 0.240 e. The minimum absolute atomic E-state index is 0.0389. The SMILES string of the molecule is CCc1nnc2n1CC(=O)NC2. The van der Waals surface area contributed by atoms with Gasteiger partial charge in [-0.15, -0.1) is 10.2 Å². The van der Waals surface area contributed by atoms with Gasteiger partial charge < -0.3 is 9.88 Å². The van der Waals surface area contributed by atoms with Crippen molar-refractivity contribution in [2.45, 2.75) is 26.4 Å². The minimum Gasteiger partial charge on any atom is -0.347 e. The van der Waals surface area contributed by atoms with Crippen molar-refractivity contribution in [3.05, 3.63) is 11.6 Å². The van der Waals surface area contributed by atoms with Crippen LogP contribution in [0, 0.1) is 0 Å². The standard InChI is InChI=1S/C7H10N4O/c1-2-5-9-10-6-3-8-7(12)4-11(5)6/h2-4H2,1H3,(H,8,12). The van der Waals surface area contributed by atoms with Crippen LogP contribution in [0.1, 0.15) is 18.6 Å². The molecule has 0 saturated heterocycles. The van der Waals surface area contributed by atoms with Crippen LogP contribution in [0.25, 0.3) is 0 Å². The van der Waals surface area contributed by atoms with E-state index in [1.807, 2.05) is 11.5 Å². The zero-order valence-corrected chi connectivity index (χ0v) is 6.87. The van der Waals surface area contributed by atoms with Gasteiger partial charge in [0.2, 0.25) is 5.91 Å². The second kappa shape index (κ2) is 2.58. The highest BCUT2D eigenvalue weighted by atomic mass is 16.2. The Labute approximate surface area is 69.8 Å². The number of carbonyl (C=O) groups is 1. The van der Waals surface area contributed by atoms with Crippen LogP contribution < -0.4 is 5.32 Å². The summed E-state index contributed by atoms with van der Waals surface area (Å²) in [4.78, 5) is 11.0. The Kier molecular flexibility index (Phi) is 1.56. The van der Waals surface area contributed by atoms with Crippen molar-refractivity contribution in [3.63, 3.8) is 0 Å². The number of rotatable bonds is 1. The van der Waals surface area contributed by atoms with Crippen molar-refractivity contribution in [3.8, 4) is 0 Å². The summed E-state index contributed by atoms with van der Waals surface area (Å²) in [7, 11) is 0. The number of hydrogen-bond acceptors (Lipinski definition) is 3. The molecule has 0 saturated carbocycles. The molecule has 0 spiro atoms. The van der Waals surface area contributed by atoms with Gasteiger partial charge in [-0.05, 0) is 0 Å². The molecule has 64 valence electrons. The van der Waals surface area contributed by atoms with Gasteiger partial charge in [0.15, 0.2) is 5.82 Å². The first-order chi connectivity index (χ1) is 5.81. The number of amides is 1. The van der Waals surface area contributed by atoms with Crippen LogP contribution in [0.3, 0.4) is 0 Å². The van der Waals surface area contributed by atoms with Crippen molar-refractivity contribution in [1.29, 1.82) is 0 Å². The van der Waals surface area contributed by atoms with Gasteiger partial charge in [0.1, 0.15) is 12.4 Å². The monoisotopic (exact) mass is 166 g/mol. The Bertz CT molecular complexity index is 304. The molecule has 1 aliphatic rings. The van der Waals surface area contributed by atoms with Gasteiger partial charge in [0.25, 0.3) is 0 Å². The zero-order chi connectivity index (χ0) is 8.55. The van der Waals surface area contributed by atoms with E-state index in [-0.39, 0.29) is 5.91 Å². The molecule has 12 heavy (non-hydrogen) atoms. The van der Waals surface area contributed by atoms with E-state index in [1.165, 1.54) is 0 Å². The second-order valence-corrected chi connectivity index (χ2v) is 2.75. The van der Waals surface area contributed by atoms with E-state index in [0.717, 1.165) is 18.1 Å². The fourth-order valence-electron chi connectivity index (χ4n) is 1.32. The third-order valence-corrected chi connectivity index (χ3v) is 1.97.